The van der Waals surface area contributed by atoms with Crippen molar-refractivity contribution in [3.8, 4) is 0 Å². The van der Waals surface area contributed by atoms with Crippen LogP contribution in [0, 0.1) is 5.92 Å². The normalized spacial score (nSPS) is 19.8. The number of carbonyl (C=O) groups is 1. The van der Waals surface area contributed by atoms with E-state index in [4.69, 9.17) is 4.98 Å². The fourth-order valence-electron chi connectivity index (χ4n) is 3.41. The first-order valence-corrected chi connectivity index (χ1v) is 8.45. The van der Waals surface area contributed by atoms with Crippen LogP contribution < -0.4 is 0 Å². The summed E-state index contributed by atoms with van der Waals surface area (Å²) in [7, 11) is 0. The molecule has 116 valence electrons. The maximum absolute atomic E-state index is 12.7. The van der Waals surface area contributed by atoms with Crippen molar-refractivity contribution >= 4 is 16.9 Å². The highest BCUT2D eigenvalue weighted by atomic mass is 16.2. The molecule has 1 aromatic carbocycles. The standard InChI is InChI=1S/C18H23N3O/c1-13-8-10-20(11-9-13)17(22)12-21-16-5-3-2-4-15(16)19-18(21)14-6-7-14/h2-5,13-14H,6-12H2,1H3. The van der Waals surface area contributed by atoms with Gasteiger partial charge in [0.05, 0.1) is 11.0 Å². The molecule has 2 aromatic rings. The molecule has 0 atom stereocenters. The zero-order valence-electron chi connectivity index (χ0n) is 13.2. The maximum Gasteiger partial charge on any atom is 0.242 e. The lowest BCUT2D eigenvalue weighted by atomic mass is 9.99. The number of amides is 1. The van der Waals surface area contributed by atoms with E-state index in [1.54, 1.807) is 0 Å². The summed E-state index contributed by atoms with van der Waals surface area (Å²) in [6.45, 7) is 4.54. The fraction of sp³-hybridized carbons (Fsp3) is 0.556. The average molecular weight is 297 g/mol. The average Bonchev–Trinajstić information content (AvgIpc) is 3.31. The number of hydrogen-bond acceptors (Lipinski definition) is 2. The van der Waals surface area contributed by atoms with Crippen molar-refractivity contribution in [3.63, 3.8) is 0 Å². The van der Waals surface area contributed by atoms with E-state index in [0.717, 1.165) is 48.7 Å². The van der Waals surface area contributed by atoms with Gasteiger partial charge in [-0.1, -0.05) is 19.1 Å². The molecule has 4 rings (SSSR count). The highest BCUT2D eigenvalue weighted by molar-refractivity contribution is 5.81. The van der Waals surface area contributed by atoms with Gasteiger partial charge in [0, 0.05) is 19.0 Å². The number of para-hydroxylation sites is 2. The van der Waals surface area contributed by atoms with Gasteiger partial charge in [-0.3, -0.25) is 4.79 Å². The molecule has 1 aliphatic carbocycles. The third kappa shape index (κ3) is 2.51. The number of rotatable bonds is 3. The van der Waals surface area contributed by atoms with Gasteiger partial charge in [-0.25, -0.2) is 4.98 Å². The van der Waals surface area contributed by atoms with Crippen LogP contribution in [0.4, 0.5) is 0 Å². The fourth-order valence-corrected chi connectivity index (χ4v) is 3.41. The zero-order valence-corrected chi connectivity index (χ0v) is 13.2. The number of carbonyl (C=O) groups excluding carboxylic acids is 1. The second-order valence-corrected chi connectivity index (χ2v) is 6.88. The summed E-state index contributed by atoms with van der Waals surface area (Å²) in [4.78, 5) is 19.5. The van der Waals surface area contributed by atoms with Crippen LogP contribution in [0.2, 0.25) is 0 Å². The van der Waals surface area contributed by atoms with E-state index < -0.39 is 0 Å². The monoisotopic (exact) mass is 297 g/mol. The summed E-state index contributed by atoms with van der Waals surface area (Å²) in [6, 6.07) is 8.18. The van der Waals surface area contributed by atoms with E-state index in [2.05, 4.69) is 17.6 Å². The van der Waals surface area contributed by atoms with Crippen molar-refractivity contribution in [1.82, 2.24) is 14.5 Å². The molecule has 0 spiro atoms. The molecule has 0 radical (unpaired) electrons. The minimum Gasteiger partial charge on any atom is -0.341 e. The van der Waals surface area contributed by atoms with Crippen LogP contribution in [0.1, 0.15) is 44.3 Å². The van der Waals surface area contributed by atoms with Crippen molar-refractivity contribution in [2.75, 3.05) is 13.1 Å². The van der Waals surface area contributed by atoms with Crippen LogP contribution in [0.25, 0.3) is 11.0 Å². The van der Waals surface area contributed by atoms with E-state index in [1.807, 2.05) is 23.1 Å². The van der Waals surface area contributed by atoms with Gasteiger partial charge in [0.1, 0.15) is 12.4 Å². The Bertz CT molecular complexity index is 693. The van der Waals surface area contributed by atoms with Gasteiger partial charge < -0.3 is 9.47 Å². The number of nitrogens with zero attached hydrogens (tertiary/aromatic N) is 3. The van der Waals surface area contributed by atoms with Crippen LogP contribution in [0.5, 0.6) is 0 Å². The SMILES string of the molecule is CC1CCN(C(=O)Cn2c(C3CC3)nc3ccccc32)CC1. The molecule has 22 heavy (non-hydrogen) atoms. The highest BCUT2D eigenvalue weighted by Crippen LogP contribution is 2.40. The van der Waals surface area contributed by atoms with Crippen molar-refractivity contribution in [1.29, 1.82) is 0 Å². The molecule has 1 aliphatic heterocycles. The Labute approximate surface area is 131 Å². The quantitative estimate of drug-likeness (QED) is 0.872. The molecule has 4 nitrogen and oxygen atoms in total. The van der Waals surface area contributed by atoms with E-state index in [-0.39, 0.29) is 5.91 Å². The van der Waals surface area contributed by atoms with E-state index >= 15 is 0 Å². The van der Waals surface area contributed by atoms with Crippen LogP contribution in [-0.4, -0.2) is 33.4 Å². The van der Waals surface area contributed by atoms with Crippen molar-refractivity contribution in [2.45, 2.75) is 45.1 Å². The molecule has 2 aliphatic rings. The van der Waals surface area contributed by atoms with Crippen LogP contribution in [0.15, 0.2) is 24.3 Å². The zero-order chi connectivity index (χ0) is 15.1. The lowest BCUT2D eigenvalue weighted by Gasteiger charge is -2.30. The molecule has 1 aromatic heterocycles. The summed E-state index contributed by atoms with van der Waals surface area (Å²) in [5, 5.41) is 0. The minimum absolute atomic E-state index is 0.247. The van der Waals surface area contributed by atoms with E-state index in [9.17, 15) is 4.79 Å². The summed E-state index contributed by atoms with van der Waals surface area (Å²) < 4.78 is 2.16. The molecular weight excluding hydrogens is 274 g/mol. The Kier molecular flexibility index (Phi) is 3.40. The number of benzene rings is 1. The predicted octanol–water partition coefficient (Wildman–Crippen LogP) is 3.17. The number of aromatic nitrogens is 2. The Hall–Kier alpha value is -1.84. The summed E-state index contributed by atoms with van der Waals surface area (Å²) in [5.41, 5.74) is 2.12. The van der Waals surface area contributed by atoms with Gasteiger partial charge in [-0.15, -0.1) is 0 Å². The molecule has 0 unspecified atom stereocenters. The van der Waals surface area contributed by atoms with Gasteiger partial charge in [0.25, 0.3) is 0 Å². The van der Waals surface area contributed by atoms with Crippen LogP contribution in [0.3, 0.4) is 0 Å². The maximum atomic E-state index is 12.7. The summed E-state index contributed by atoms with van der Waals surface area (Å²) >= 11 is 0. The number of fused-ring (bicyclic) bond motifs is 1. The second-order valence-electron chi connectivity index (χ2n) is 6.88. The van der Waals surface area contributed by atoms with Gasteiger partial charge >= 0.3 is 0 Å². The first-order chi connectivity index (χ1) is 10.7. The molecular formula is C18H23N3O. The Morgan fingerprint density at radius 1 is 1.18 bits per heavy atom. The first-order valence-electron chi connectivity index (χ1n) is 8.45. The second kappa shape index (κ2) is 5.41. The number of hydrogen-bond donors (Lipinski definition) is 0. The van der Waals surface area contributed by atoms with Gasteiger partial charge in [0.2, 0.25) is 5.91 Å². The van der Waals surface area contributed by atoms with Gasteiger partial charge in [-0.2, -0.15) is 0 Å². The molecule has 2 heterocycles. The summed E-state index contributed by atoms with van der Waals surface area (Å²) in [6.07, 6.45) is 4.68. The minimum atomic E-state index is 0.247. The van der Waals surface area contributed by atoms with Crippen molar-refractivity contribution in [3.05, 3.63) is 30.1 Å². The summed E-state index contributed by atoms with van der Waals surface area (Å²) in [5.74, 6) is 2.67. The highest BCUT2D eigenvalue weighted by Gasteiger charge is 2.31. The number of imidazole rings is 1. The smallest absolute Gasteiger partial charge is 0.242 e. The van der Waals surface area contributed by atoms with Crippen molar-refractivity contribution < 1.29 is 4.79 Å². The molecule has 2 fully saturated rings. The molecule has 0 N–H and O–H groups in total. The number of likely N-dealkylation sites (tertiary alicyclic amines) is 1. The van der Waals surface area contributed by atoms with Gasteiger partial charge in [0.15, 0.2) is 0 Å². The Morgan fingerprint density at radius 2 is 1.91 bits per heavy atom. The largest absolute Gasteiger partial charge is 0.341 e. The van der Waals surface area contributed by atoms with E-state index in [0.29, 0.717) is 12.5 Å². The third-order valence-electron chi connectivity index (χ3n) is 5.06. The van der Waals surface area contributed by atoms with Crippen LogP contribution >= 0.6 is 0 Å². The van der Waals surface area contributed by atoms with Crippen LogP contribution in [-0.2, 0) is 11.3 Å². The third-order valence-corrected chi connectivity index (χ3v) is 5.06. The lowest BCUT2D eigenvalue weighted by molar-refractivity contribution is -0.133. The Morgan fingerprint density at radius 3 is 2.64 bits per heavy atom. The molecule has 0 bridgehead atoms. The number of piperidine rings is 1. The molecule has 1 amide bonds. The topological polar surface area (TPSA) is 38.1 Å². The molecule has 4 heteroatoms. The predicted molar refractivity (Wildman–Crippen MR) is 86.7 cm³/mol. The lowest BCUT2D eigenvalue weighted by Crippen LogP contribution is -2.39. The van der Waals surface area contributed by atoms with E-state index in [1.165, 1.54) is 12.8 Å². The van der Waals surface area contributed by atoms with Gasteiger partial charge in [-0.05, 0) is 43.7 Å². The Balaban J connectivity index is 1.60. The molecule has 1 saturated carbocycles. The first kappa shape index (κ1) is 13.8. The van der Waals surface area contributed by atoms with Crippen molar-refractivity contribution in [2.24, 2.45) is 5.92 Å². The molecule has 1 saturated heterocycles.